The number of pyridine rings is 1. The predicted molar refractivity (Wildman–Crippen MR) is 186 cm³/mol. The molecule has 1 aliphatic heterocycles. The summed E-state index contributed by atoms with van der Waals surface area (Å²) in [5.74, 6) is -0.426. The number of piperazine rings is 1. The molecule has 4 heterocycles. The van der Waals surface area contributed by atoms with E-state index in [1.807, 2.05) is 11.8 Å². The van der Waals surface area contributed by atoms with E-state index in [4.69, 9.17) is 0 Å². The van der Waals surface area contributed by atoms with Crippen LogP contribution >= 0.6 is 11.3 Å². The van der Waals surface area contributed by atoms with E-state index >= 15 is 4.39 Å². The smallest absolute Gasteiger partial charge is 0.364 e. The van der Waals surface area contributed by atoms with Crippen LogP contribution in [0.25, 0.3) is 33.3 Å². The van der Waals surface area contributed by atoms with Crippen LogP contribution in [-0.2, 0) is 22.6 Å². The van der Waals surface area contributed by atoms with Gasteiger partial charge in [-0.15, -0.1) is 0 Å². The zero-order chi connectivity index (χ0) is 35.1. The summed E-state index contributed by atoms with van der Waals surface area (Å²) in [6.07, 6.45) is -2.33. The molecule has 2 aromatic carbocycles. The molecule has 3 aromatic heterocycles. The van der Waals surface area contributed by atoms with Crippen LogP contribution in [0.4, 0.5) is 34.9 Å². The number of aromatic nitrogens is 3. The van der Waals surface area contributed by atoms with Crippen LogP contribution < -0.4 is 21.1 Å². The van der Waals surface area contributed by atoms with Crippen molar-refractivity contribution in [3.63, 3.8) is 0 Å². The zero-order valence-electron chi connectivity index (χ0n) is 26.9. The van der Waals surface area contributed by atoms with Gasteiger partial charge >= 0.3 is 6.18 Å². The fourth-order valence-electron chi connectivity index (χ4n) is 5.91. The van der Waals surface area contributed by atoms with Gasteiger partial charge in [-0.05, 0) is 84.1 Å². The summed E-state index contributed by atoms with van der Waals surface area (Å²) in [6.45, 7) is 5.48. The van der Waals surface area contributed by atoms with Gasteiger partial charge in [0.2, 0.25) is 5.95 Å². The van der Waals surface area contributed by atoms with Gasteiger partial charge in [-0.2, -0.15) is 29.5 Å². The van der Waals surface area contributed by atoms with E-state index in [2.05, 4.69) is 20.6 Å². The number of rotatable bonds is 9. The highest BCUT2D eigenvalue weighted by Crippen LogP contribution is 2.39. The molecule has 1 fully saturated rings. The number of halogens is 4. The van der Waals surface area contributed by atoms with Crippen molar-refractivity contribution in [1.29, 1.82) is 0 Å². The lowest BCUT2D eigenvalue weighted by atomic mass is 9.95. The minimum absolute atomic E-state index is 0.00436. The number of thiophene rings is 1. The number of aryl methyl sites for hydroxylation is 1. The first kappa shape index (κ1) is 34.5. The summed E-state index contributed by atoms with van der Waals surface area (Å²) in [6, 6.07) is 11.6. The molecule has 1 saturated heterocycles. The second-order valence-electron chi connectivity index (χ2n) is 12.2. The molecule has 0 saturated carbocycles. The fourth-order valence-corrected chi connectivity index (χ4v) is 7.11. The molecule has 1 aliphatic rings. The minimum Gasteiger partial charge on any atom is -0.364 e. The minimum atomic E-state index is -4.78. The van der Waals surface area contributed by atoms with Crippen LogP contribution in [0.3, 0.4) is 0 Å². The third kappa shape index (κ3) is 7.33. The van der Waals surface area contributed by atoms with E-state index in [-0.39, 0.29) is 47.1 Å². The number of sulfone groups is 1. The lowest BCUT2D eigenvalue weighted by Gasteiger charge is -2.36. The predicted octanol–water partition coefficient (Wildman–Crippen LogP) is 6.71. The van der Waals surface area contributed by atoms with Gasteiger partial charge in [0.15, 0.2) is 0 Å². The van der Waals surface area contributed by atoms with Crippen molar-refractivity contribution in [2.75, 3.05) is 36.1 Å². The zero-order valence-corrected chi connectivity index (χ0v) is 28.5. The first-order valence-corrected chi connectivity index (χ1v) is 18.5. The summed E-state index contributed by atoms with van der Waals surface area (Å²) < 4.78 is 84.3. The maximum atomic E-state index is 15.3. The summed E-state index contributed by atoms with van der Waals surface area (Å²) in [5, 5.41) is 9.15. The quantitative estimate of drug-likeness (QED) is 0.162. The molecule has 2 N–H and O–H groups in total. The van der Waals surface area contributed by atoms with Crippen LogP contribution in [-0.4, -0.2) is 60.1 Å². The highest BCUT2D eigenvalue weighted by molar-refractivity contribution is 7.91. The molecule has 2 atom stereocenters. The molecule has 15 heteroatoms. The van der Waals surface area contributed by atoms with E-state index < -0.39 is 38.2 Å². The largest absolute Gasteiger partial charge is 0.417 e. The molecule has 0 radical (unpaired) electrons. The average Bonchev–Trinajstić information content (AvgIpc) is 3.59. The highest BCUT2D eigenvalue weighted by Gasteiger charge is 2.35. The summed E-state index contributed by atoms with van der Waals surface area (Å²) in [4.78, 5) is 24.9. The number of hydrogen-bond donors (Lipinski definition) is 2. The Morgan fingerprint density at radius 3 is 2.57 bits per heavy atom. The number of benzene rings is 2. The van der Waals surface area contributed by atoms with Gasteiger partial charge in [-0.1, -0.05) is 12.1 Å². The van der Waals surface area contributed by atoms with Crippen molar-refractivity contribution in [1.82, 2.24) is 19.9 Å². The van der Waals surface area contributed by atoms with Crippen molar-refractivity contribution in [2.45, 2.75) is 44.3 Å². The number of anilines is 3. The molecule has 5 aromatic rings. The lowest BCUT2D eigenvalue weighted by molar-refractivity contribution is -0.137. The van der Waals surface area contributed by atoms with E-state index in [0.29, 0.717) is 29.0 Å². The van der Waals surface area contributed by atoms with Gasteiger partial charge in [0.25, 0.3) is 5.56 Å². The lowest BCUT2D eigenvalue weighted by Crippen LogP contribution is -2.50. The van der Waals surface area contributed by atoms with E-state index in [1.54, 1.807) is 29.0 Å². The Bertz CT molecular complexity index is 2170. The van der Waals surface area contributed by atoms with Crippen molar-refractivity contribution >= 4 is 49.5 Å². The number of hydrogen-bond acceptors (Lipinski definition) is 9. The van der Waals surface area contributed by atoms with Gasteiger partial charge in [0.1, 0.15) is 21.3 Å². The normalized spacial score (nSPS) is 16.2. The molecular formula is C34H34F4N6O3S2. The molecule has 6 rings (SSSR count). The van der Waals surface area contributed by atoms with Gasteiger partial charge < -0.3 is 15.5 Å². The Morgan fingerprint density at radius 1 is 1.10 bits per heavy atom. The molecule has 9 nitrogen and oxygen atoms in total. The van der Waals surface area contributed by atoms with Crippen LogP contribution in [0.15, 0.2) is 70.3 Å². The molecule has 258 valence electrons. The Morgan fingerprint density at radius 2 is 1.90 bits per heavy atom. The second kappa shape index (κ2) is 13.5. The van der Waals surface area contributed by atoms with Crippen molar-refractivity contribution in [3.8, 4) is 22.3 Å². The average molecular weight is 715 g/mol. The summed E-state index contributed by atoms with van der Waals surface area (Å²) >= 11 is 1.35. The molecule has 0 spiro atoms. The van der Waals surface area contributed by atoms with Gasteiger partial charge in [-0.25, -0.2) is 17.8 Å². The summed E-state index contributed by atoms with van der Waals surface area (Å²) in [5.41, 5.74) is -0.437. The van der Waals surface area contributed by atoms with Gasteiger partial charge in [0.05, 0.1) is 16.5 Å². The van der Waals surface area contributed by atoms with Crippen molar-refractivity contribution in [3.05, 3.63) is 87.2 Å². The topological polar surface area (TPSA) is 109 Å². The van der Waals surface area contributed by atoms with Gasteiger partial charge in [0, 0.05) is 61.3 Å². The molecule has 49 heavy (non-hydrogen) atoms. The Kier molecular flexibility index (Phi) is 9.52. The van der Waals surface area contributed by atoms with E-state index in [9.17, 15) is 26.4 Å². The van der Waals surface area contributed by atoms with E-state index in [0.717, 1.165) is 25.4 Å². The van der Waals surface area contributed by atoms with Crippen LogP contribution in [0.1, 0.15) is 25.8 Å². The maximum absolute atomic E-state index is 15.3. The fraction of sp³-hybridized carbons (Fsp3) is 0.324. The van der Waals surface area contributed by atoms with E-state index in [1.165, 1.54) is 53.3 Å². The first-order chi connectivity index (χ1) is 23.2. The van der Waals surface area contributed by atoms with Crippen LogP contribution in [0, 0.1) is 5.82 Å². The van der Waals surface area contributed by atoms with Gasteiger partial charge in [-0.3, -0.25) is 9.36 Å². The molecule has 0 aliphatic carbocycles. The Labute approximate surface area is 284 Å². The molecule has 2 unspecified atom stereocenters. The first-order valence-electron chi connectivity index (χ1n) is 15.6. The summed E-state index contributed by atoms with van der Waals surface area (Å²) in [7, 11) is -3.47. The Balaban J connectivity index is 1.42. The van der Waals surface area contributed by atoms with Crippen LogP contribution in [0.2, 0.25) is 0 Å². The molecule has 0 bridgehead atoms. The monoisotopic (exact) mass is 714 g/mol. The number of fused-ring (bicyclic) bond motifs is 1. The molecule has 0 amide bonds. The molecular weight excluding hydrogens is 681 g/mol. The number of alkyl halides is 3. The maximum Gasteiger partial charge on any atom is 0.417 e. The SMILES string of the molecule is CC1CNCCN1c1ccc(Nc2ncc3cc(-c4ccc(-c5ccsc5)cc4C(F)(F)F)c(=O)n(CCC(C)S(C)(=O)=O)c3n2)cc1F. The Hall–Kier alpha value is -4.34. The van der Waals surface area contributed by atoms with Crippen molar-refractivity contribution < 1.29 is 26.0 Å². The number of nitrogens with one attached hydrogen (secondary N) is 2. The van der Waals surface area contributed by atoms with Crippen molar-refractivity contribution in [2.24, 2.45) is 0 Å². The third-order valence-corrected chi connectivity index (χ3v) is 11.2. The number of nitrogens with zero attached hydrogens (tertiary/aromatic N) is 4. The van der Waals surface area contributed by atoms with Crippen LogP contribution in [0.5, 0.6) is 0 Å². The third-order valence-electron chi connectivity index (χ3n) is 8.80. The second-order valence-corrected chi connectivity index (χ2v) is 15.5. The standard InChI is InChI=1S/C34H34F4N6O3S2/c1-20-17-39-10-12-43(20)30-7-5-25(16-29(30)35)41-33-40-18-24-14-27(32(45)44(31(24)42-33)11-8-21(2)49(3,46)47)26-6-4-22(23-9-13-48-19-23)15-28(26)34(36,37)38/h4-7,9,13-16,18-21,39H,8,10-12,17H2,1-3H3,(H,40,41,42). The highest BCUT2D eigenvalue weighted by atomic mass is 32.2.